The maximum Gasteiger partial charge on any atom is 0.240 e. The smallest absolute Gasteiger partial charge is 0.240 e. The van der Waals surface area contributed by atoms with Gasteiger partial charge in [-0.3, -0.25) is 9.63 Å². The molecule has 1 aromatic rings. The van der Waals surface area contributed by atoms with Crippen LogP contribution in [0.25, 0.3) is 0 Å². The molecule has 5 fully saturated rings. The number of benzene rings is 1. The fourth-order valence-corrected chi connectivity index (χ4v) is 8.83. The maximum absolute atomic E-state index is 14.0. The van der Waals surface area contributed by atoms with E-state index >= 15 is 0 Å². The average molecular weight is 599 g/mol. The molecule has 4 N–H and O–H groups in total. The van der Waals surface area contributed by atoms with Crippen molar-refractivity contribution in [3.63, 3.8) is 0 Å². The lowest BCUT2D eigenvalue weighted by molar-refractivity contribution is -0.183. The number of amides is 1. The second kappa shape index (κ2) is 13.8. The normalized spacial score (nSPS) is 33.8. The zero-order valence-electron chi connectivity index (χ0n) is 27.5. The number of likely N-dealkylation sites (tertiary alicyclic amines) is 1. The molecular formula is C35H58N4O4. The summed E-state index contributed by atoms with van der Waals surface area (Å²) in [4.78, 5) is 22.7. The Labute approximate surface area is 259 Å². The van der Waals surface area contributed by atoms with Gasteiger partial charge in [-0.1, -0.05) is 58.9 Å². The van der Waals surface area contributed by atoms with Crippen LogP contribution in [0.4, 0.5) is 0 Å². The Balaban J connectivity index is 1.26. The Kier molecular flexibility index (Phi) is 10.6. The van der Waals surface area contributed by atoms with Gasteiger partial charge in [-0.15, -0.1) is 0 Å². The van der Waals surface area contributed by atoms with Crippen LogP contribution < -0.4 is 10.6 Å². The van der Waals surface area contributed by atoms with Crippen molar-refractivity contribution in [2.75, 3.05) is 26.2 Å². The van der Waals surface area contributed by atoms with Crippen molar-refractivity contribution in [1.82, 2.24) is 20.6 Å². The molecular weight excluding hydrogens is 540 g/mol. The van der Waals surface area contributed by atoms with Gasteiger partial charge in [0.2, 0.25) is 5.91 Å². The van der Waals surface area contributed by atoms with Gasteiger partial charge >= 0.3 is 0 Å². The van der Waals surface area contributed by atoms with Crippen LogP contribution in [-0.4, -0.2) is 82.7 Å². The lowest BCUT2D eigenvalue weighted by atomic mass is 9.45. The molecule has 2 aliphatic heterocycles. The number of nitrogens with one attached hydrogen (secondary N) is 2. The van der Waals surface area contributed by atoms with Gasteiger partial charge in [-0.05, 0) is 92.3 Å². The van der Waals surface area contributed by atoms with Crippen LogP contribution in [0.3, 0.4) is 0 Å². The molecule has 9 atom stereocenters. The van der Waals surface area contributed by atoms with Gasteiger partial charge in [-0.25, -0.2) is 0 Å². The van der Waals surface area contributed by atoms with E-state index in [9.17, 15) is 15.0 Å². The van der Waals surface area contributed by atoms with Crippen LogP contribution in [0.15, 0.2) is 24.3 Å². The predicted octanol–water partition coefficient (Wildman–Crippen LogP) is 3.95. The summed E-state index contributed by atoms with van der Waals surface area (Å²) in [5.41, 5.74) is 2.60. The lowest BCUT2D eigenvalue weighted by Crippen LogP contribution is -2.62. The molecule has 1 aromatic carbocycles. The van der Waals surface area contributed by atoms with E-state index in [-0.39, 0.29) is 18.6 Å². The van der Waals surface area contributed by atoms with Crippen LogP contribution in [0.5, 0.6) is 0 Å². The van der Waals surface area contributed by atoms with Gasteiger partial charge in [0.25, 0.3) is 0 Å². The average Bonchev–Trinajstić information content (AvgIpc) is 3.60. The maximum atomic E-state index is 14.0. The van der Waals surface area contributed by atoms with Crippen LogP contribution in [0.1, 0.15) is 84.8 Å². The molecule has 3 aliphatic carbocycles. The minimum absolute atomic E-state index is 0.103. The van der Waals surface area contributed by atoms with Gasteiger partial charge in [0.1, 0.15) is 12.1 Å². The summed E-state index contributed by atoms with van der Waals surface area (Å²) in [7, 11) is 0. The zero-order valence-corrected chi connectivity index (χ0v) is 27.5. The summed E-state index contributed by atoms with van der Waals surface area (Å²) in [6.45, 7) is 17.7. The Morgan fingerprint density at radius 1 is 1.14 bits per heavy atom. The van der Waals surface area contributed by atoms with Gasteiger partial charge in [0, 0.05) is 31.1 Å². The molecule has 0 aromatic heterocycles. The van der Waals surface area contributed by atoms with Gasteiger partial charge in [0.15, 0.2) is 0 Å². The highest BCUT2D eigenvalue weighted by Crippen LogP contribution is 2.61. The summed E-state index contributed by atoms with van der Waals surface area (Å²) in [6, 6.07) is 8.39. The van der Waals surface area contributed by atoms with Gasteiger partial charge < -0.3 is 25.7 Å². The number of hydrogen-bond donors (Lipinski definition) is 4. The van der Waals surface area contributed by atoms with Crippen molar-refractivity contribution in [2.24, 2.45) is 35.0 Å². The SMILES string of the molecule is CC(C)C[C@@H](CN1CCCC1)NCc1cccc(CN2O[C@@H](CO)[C@@H]([C@H](C)O)[C@H]2C(=O)N[C@H]2C[C@H]3C[C@@H]([C@@H]2C)C3(C)C)c1. The van der Waals surface area contributed by atoms with Crippen molar-refractivity contribution in [3.05, 3.63) is 35.4 Å². The number of hydrogen-bond acceptors (Lipinski definition) is 7. The van der Waals surface area contributed by atoms with Crippen LogP contribution >= 0.6 is 0 Å². The van der Waals surface area contributed by atoms with E-state index in [0.717, 1.165) is 31.5 Å². The van der Waals surface area contributed by atoms with Crippen molar-refractivity contribution < 1.29 is 19.8 Å². The summed E-state index contributed by atoms with van der Waals surface area (Å²) >= 11 is 0. The Hall–Kier alpha value is -1.55. The van der Waals surface area contributed by atoms with E-state index in [1.807, 2.05) is 0 Å². The van der Waals surface area contributed by atoms with E-state index in [2.05, 4.69) is 74.4 Å². The fourth-order valence-electron chi connectivity index (χ4n) is 8.83. The molecule has 5 aliphatic rings. The monoisotopic (exact) mass is 598 g/mol. The largest absolute Gasteiger partial charge is 0.394 e. The molecule has 6 rings (SSSR count). The highest BCUT2D eigenvalue weighted by molar-refractivity contribution is 5.82. The number of fused-ring (bicyclic) bond motifs is 2. The van der Waals surface area contributed by atoms with E-state index in [4.69, 9.17) is 4.84 Å². The molecule has 8 heteroatoms. The number of rotatable bonds is 13. The molecule has 0 radical (unpaired) electrons. The van der Waals surface area contributed by atoms with Crippen LogP contribution in [-0.2, 0) is 22.7 Å². The third kappa shape index (κ3) is 7.31. The second-order valence-corrected chi connectivity index (χ2v) is 15.3. The Bertz CT molecular complexity index is 1070. The first-order chi connectivity index (χ1) is 20.5. The van der Waals surface area contributed by atoms with Crippen molar-refractivity contribution in [2.45, 2.75) is 117 Å². The van der Waals surface area contributed by atoms with Crippen molar-refractivity contribution >= 4 is 5.91 Å². The topological polar surface area (TPSA) is 97.3 Å². The van der Waals surface area contributed by atoms with Crippen molar-refractivity contribution in [1.29, 1.82) is 0 Å². The summed E-state index contributed by atoms with van der Waals surface area (Å²) in [5.74, 6) is 1.69. The molecule has 0 spiro atoms. The minimum atomic E-state index is -0.793. The number of carbonyl (C=O) groups excluding carboxylic acids is 1. The van der Waals surface area contributed by atoms with E-state index in [0.29, 0.717) is 41.7 Å². The highest BCUT2D eigenvalue weighted by Gasteiger charge is 2.57. The van der Waals surface area contributed by atoms with Gasteiger partial charge in [-0.2, -0.15) is 5.06 Å². The Morgan fingerprint density at radius 3 is 2.49 bits per heavy atom. The second-order valence-electron chi connectivity index (χ2n) is 15.3. The number of carbonyl (C=O) groups is 1. The predicted molar refractivity (Wildman–Crippen MR) is 170 cm³/mol. The Morgan fingerprint density at radius 2 is 1.86 bits per heavy atom. The minimum Gasteiger partial charge on any atom is -0.394 e. The van der Waals surface area contributed by atoms with E-state index < -0.39 is 24.2 Å². The third-order valence-corrected chi connectivity index (χ3v) is 11.4. The fraction of sp³-hybridized carbons (Fsp3) is 0.800. The molecule has 2 heterocycles. The molecule has 43 heavy (non-hydrogen) atoms. The molecule has 8 nitrogen and oxygen atoms in total. The number of aliphatic hydroxyl groups is 2. The number of nitrogens with zero attached hydrogens (tertiary/aromatic N) is 2. The summed E-state index contributed by atoms with van der Waals surface area (Å²) < 4.78 is 0. The highest BCUT2D eigenvalue weighted by atomic mass is 16.7. The molecule has 1 amide bonds. The number of aliphatic hydroxyl groups excluding tert-OH is 2. The standard InChI is InChI=1S/C35H58N4O4/c1-22(2)14-28(20-38-12-7-8-13-38)36-18-25-10-9-11-26(15-25)19-39-33(32(24(4)41)31(21-40)43-39)34(42)37-30-17-27-16-29(23(30)3)35(27,5)6/h9-11,15,22-24,27-33,36,40-41H,7-8,12-14,16-21H2,1-6H3,(H,37,42)/t23-,24-,27+,28-,29-,30-,31-,32+,33-/m0/s1. The van der Waals surface area contributed by atoms with Crippen LogP contribution in [0.2, 0.25) is 0 Å². The van der Waals surface area contributed by atoms with Gasteiger partial charge in [0.05, 0.1) is 19.3 Å². The third-order valence-electron chi connectivity index (χ3n) is 11.4. The van der Waals surface area contributed by atoms with E-state index in [1.54, 1.807) is 12.0 Å². The summed E-state index contributed by atoms with van der Waals surface area (Å²) in [6.07, 6.45) is 4.59. The molecule has 2 bridgehead atoms. The summed E-state index contributed by atoms with van der Waals surface area (Å²) in [5, 5.41) is 29.8. The molecule has 2 saturated heterocycles. The van der Waals surface area contributed by atoms with Crippen LogP contribution in [0, 0.1) is 35.0 Å². The number of hydroxylamine groups is 2. The first-order valence-corrected chi connectivity index (χ1v) is 17.0. The lowest BCUT2D eigenvalue weighted by Gasteiger charge is -2.62. The molecule has 3 saturated carbocycles. The zero-order chi connectivity index (χ0) is 30.9. The molecule has 242 valence electrons. The van der Waals surface area contributed by atoms with Crippen molar-refractivity contribution in [3.8, 4) is 0 Å². The first kappa shape index (κ1) is 32.8. The first-order valence-electron chi connectivity index (χ1n) is 17.0. The quantitative estimate of drug-likeness (QED) is 0.273. The van der Waals surface area contributed by atoms with E-state index in [1.165, 1.54) is 37.9 Å². The molecule has 0 unspecified atom stereocenters.